The minimum Gasteiger partial charge on any atom is -0.465 e. The van der Waals surface area contributed by atoms with Crippen LogP contribution in [0.15, 0.2) is 29.3 Å². The fourth-order valence-corrected chi connectivity index (χ4v) is 3.60. The van der Waals surface area contributed by atoms with Gasteiger partial charge < -0.3 is 10.5 Å². The van der Waals surface area contributed by atoms with Crippen molar-refractivity contribution in [1.82, 2.24) is 9.97 Å². The average Bonchev–Trinajstić information content (AvgIpc) is 2.97. The number of nitrogen functional groups attached to an aromatic ring is 1. The molecule has 1 unspecified atom stereocenters. The summed E-state index contributed by atoms with van der Waals surface area (Å²) >= 11 is 1.20. The predicted molar refractivity (Wildman–Crippen MR) is 86.3 cm³/mol. The molecule has 1 aliphatic rings. The Labute approximate surface area is 141 Å². The van der Waals surface area contributed by atoms with Crippen molar-refractivity contribution >= 4 is 29.5 Å². The van der Waals surface area contributed by atoms with E-state index >= 15 is 0 Å². The Morgan fingerprint density at radius 1 is 1.42 bits per heavy atom. The highest BCUT2D eigenvalue weighted by atomic mass is 32.2. The quantitative estimate of drug-likeness (QED) is 0.513. The third kappa shape index (κ3) is 3.09. The van der Waals surface area contributed by atoms with Crippen molar-refractivity contribution in [2.45, 2.75) is 23.6 Å². The number of anilines is 1. The highest BCUT2D eigenvalue weighted by molar-refractivity contribution is 8.00. The molecule has 0 saturated heterocycles. The Balaban J connectivity index is 1.97. The van der Waals surface area contributed by atoms with Gasteiger partial charge in [0.25, 0.3) is 0 Å². The van der Waals surface area contributed by atoms with Crippen LogP contribution in [0.1, 0.15) is 28.5 Å². The third-order valence-corrected chi connectivity index (χ3v) is 4.69. The first kappa shape index (κ1) is 16.4. The lowest BCUT2D eigenvalue weighted by molar-refractivity contribution is -0.142. The van der Waals surface area contributed by atoms with Crippen LogP contribution in [0.3, 0.4) is 0 Å². The first-order valence-electron chi connectivity index (χ1n) is 7.29. The number of ketones is 1. The summed E-state index contributed by atoms with van der Waals surface area (Å²) in [5, 5.41) is -0.00424. The standard InChI is InChI=1S/C16H14FN3O3S/c1-2-23-15(22)11-7-10-12(19-16(18)20-14(10)24-11)13(21)8-4-3-5-9(17)6-8/h3-6,11H,2,7H2,1H3,(H2,18,19,20). The molecule has 0 fully saturated rings. The normalized spacial score (nSPS) is 15.8. The van der Waals surface area contributed by atoms with E-state index in [0.717, 1.165) is 6.07 Å². The number of carbonyl (C=O) groups excluding carboxylic acids is 2. The van der Waals surface area contributed by atoms with Gasteiger partial charge in [0, 0.05) is 17.5 Å². The van der Waals surface area contributed by atoms with Crippen molar-refractivity contribution in [2.24, 2.45) is 0 Å². The summed E-state index contributed by atoms with van der Waals surface area (Å²) in [5.74, 6) is -1.41. The summed E-state index contributed by atoms with van der Waals surface area (Å²) in [4.78, 5) is 32.7. The number of nitrogens with zero attached hydrogens (tertiary/aromatic N) is 2. The predicted octanol–water partition coefficient (Wildman–Crippen LogP) is 2.01. The van der Waals surface area contributed by atoms with Crippen molar-refractivity contribution in [1.29, 1.82) is 0 Å². The second-order valence-electron chi connectivity index (χ2n) is 5.12. The molecule has 24 heavy (non-hydrogen) atoms. The van der Waals surface area contributed by atoms with E-state index in [4.69, 9.17) is 10.5 Å². The van der Waals surface area contributed by atoms with E-state index in [1.54, 1.807) is 6.92 Å². The molecular weight excluding hydrogens is 333 g/mol. The van der Waals surface area contributed by atoms with E-state index in [9.17, 15) is 14.0 Å². The molecule has 2 N–H and O–H groups in total. The summed E-state index contributed by atoms with van der Waals surface area (Å²) in [6.45, 7) is 2.00. The first-order chi connectivity index (χ1) is 11.5. The number of benzene rings is 1. The van der Waals surface area contributed by atoms with Gasteiger partial charge in [0.05, 0.1) is 6.61 Å². The summed E-state index contributed by atoms with van der Waals surface area (Å²) in [5.41, 5.74) is 6.49. The zero-order valence-corrected chi connectivity index (χ0v) is 13.6. The lowest BCUT2D eigenvalue weighted by atomic mass is 10.0. The van der Waals surface area contributed by atoms with Crippen LogP contribution in [0.25, 0.3) is 0 Å². The van der Waals surface area contributed by atoms with E-state index in [1.165, 1.54) is 30.0 Å². The summed E-state index contributed by atoms with van der Waals surface area (Å²) in [7, 11) is 0. The molecule has 1 aliphatic heterocycles. The number of rotatable bonds is 4. The van der Waals surface area contributed by atoms with Gasteiger partial charge in [-0.15, -0.1) is 0 Å². The van der Waals surface area contributed by atoms with Crippen LogP contribution >= 0.6 is 11.8 Å². The Hall–Kier alpha value is -2.48. The maximum Gasteiger partial charge on any atom is 0.319 e. The Morgan fingerprint density at radius 2 is 2.21 bits per heavy atom. The van der Waals surface area contributed by atoms with Crippen molar-refractivity contribution in [3.8, 4) is 0 Å². The molecule has 1 aromatic heterocycles. The van der Waals surface area contributed by atoms with Gasteiger partial charge in [-0.1, -0.05) is 23.9 Å². The Kier molecular flexibility index (Phi) is 4.48. The number of nitrogens with two attached hydrogens (primary N) is 1. The van der Waals surface area contributed by atoms with Gasteiger partial charge in [-0.25, -0.2) is 14.4 Å². The topological polar surface area (TPSA) is 95.2 Å². The van der Waals surface area contributed by atoms with E-state index in [0.29, 0.717) is 10.6 Å². The molecule has 2 heterocycles. The maximum atomic E-state index is 13.4. The van der Waals surface area contributed by atoms with Crippen LogP contribution in [0.5, 0.6) is 0 Å². The molecule has 0 amide bonds. The summed E-state index contributed by atoms with van der Waals surface area (Å²) in [6.07, 6.45) is 0.273. The molecule has 0 spiro atoms. The highest BCUT2D eigenvalue weighted by Gasteiger charge is 2.35. The molecule has 2 aromatic rings. The van der Waals surface area contributed by atoms with Gasteiger partial charge in [0.2, 0.25) is 11.7 Å². The zero-order chi connectivity index (χ0) is 17.3. The van der Waals surface area contributed by atoms with Crippen molar-refractivity contribution in [3.05, 3.63) is 46.9 Å². The lowest BCUT2D eigenvalue weighted by Gasteiger charge is -2.07. The molecule has 3 rings (SSSR count). The second kappa shape index (κ2) is 6.56. The van der Waals surface area contributed by atoms with Gasteiger partial charge in [0.1, 0.15) is 21.8 Å². The molecule has 1 atom stereocenters. The first-order valence-corrected chi connectivity index (χ1v) is 8.17. The van der Waals surface area contributed by atoms with Gasteiger partial charge in [-0.2, -0.15) is 0 Å². The Bertz CT molecular complexity index is 828. The minimum absolute atomic E-state index is 0.0643. The molecule has 1 aromatic carbocycles. The van der Waals surface area contributed by atoms with E-state index in [1.807, 2.05) is 0 Å². The van der Waals surface area contributed by atoms with Crippen LogP contribution in [0.2, 0.25) is 0 Å². The number of hydrogen-bond acceptors (Lipinski definition) is 7. The number of fused-ring (bicyclic) bond motifs is 1. The molecule has 0 radical (unpaired) electrons. The van der Waals surface area contributed by atoms with Crippen LogP contribution in [0.4, 0.5) is 10.3 Å². The van der Waals surface area contributed by atoms with Crippen molar-refractivity contribution < 1.29 is 18.7 Å². The average molecular weight is 347 g/mol. The monoisotopic (exact) mass is 347 g/mol. The molecule has 6 nitrogen and oxygen atoms in total. The maximum absolute atomic E-state index is 13.4. The van der Waals surface area contributed by atoms with Crippen molar-refractivity contribution in [2.75, 3.05) is 12.3 Å². The number of halogens is 1. The highest BCUT2D eigenvalue weighted by Crippen LogP contribution is 2.38. The fraction of sp³-hybridized carbons (Fsp3) is 0.250. The van der Waals surface area contributed by atoms with Gasteiger partial charge in [0.15, 0.2) is 0 Å². The number of aromatic nitrogens is 2. The summed E-state index contributed by atoms with van der Waals surface area (Å²) < 4.78 is 18.4. The van der Waals surface area contributed by atoms with Crippen LogP contribution in [0, 0.1) is 5.82 Å². The van der Waals surface area contributed by atoms with Gasteiger partial charge in [-0.05, 0) is 19.1 Å². The van der Waals surface area contributed by atoms with E-state index < -0.39 is 16.9 Å². The zero-order valence-electron chi connectivity index (χ0n) is 12.8. The number of ether oxygens (including phenoxy) is 1. The lowest BCUT2D eigenvalue weighted by Crippen LogP contribution is -2.20. The second-order valence-corrected chi connectivity index (χ2v) is 6.31. The SMILES string of the molecule is CCOC(=O)C1Cc2c(nc(N)nc2C(=O)c2cccc(F)c2)S1. The fourth-order valence-electron chi connectivity index (χ4n) is 2.44. The summed E-state index contributed by atoms with van der Waals surface area (Å²) in [6, 6.07) is 5.34. The number of carbonyl (C=O) groups is 2. The number of thioether (sulfide) groups is 1. The van der Waals surface area contributed by atoms with Crippen molar-refractivity contribution in [3.63, 3.8) is 0 Å². The van der Waals surface area contributed by atoms with E-state index in [2.05, 4.69) is 9.97 Å². The smallest absolute Gasteiger partial charge is 0.319 e. The molecule has 8 heteroatoms. The minimum atomic E-state index is -0.515. The largest absolute Gasteiger partial charge is 0.465 e. The Morgan fingerprint density at radius 3 is 2.92 bits per heavy atom. The number of esters is 1. The van der Waals surface area contributed by atoms with Gasteiger partial charge >= 0.3 is 5.97 Å². The molecule has 0 bridgehead atoms. The molecule has 124 valence electrons. The van der Waals surface area contributed by atoms with Crippen LogP contribution in [-0.4, -0.2) is 33.6 Å². The van der Waals surface area contributed by atoms with Crippen LogP contribution in [-0.2, 0) is 16.0 Å². The van der Waals surface area contributed by atoms with Crippen LogP contribution < -0.4 is 5.73 Å². The molecule has 0 saturated carbocycles. The van der Waals surface area contributed by atoms with Gasteiger partial charge in [-0.3, -0.25) is 9.59 Å². The van der Waals surface area contributed by atoms with E-state index in [-0.39, 0.29) is 36.2 Å². The third-order valence-electron chi connectivity index (χ3n) is 3.48. The molecular formula is C16H14FN3O3S. The molecule has 0 aliphatic carbocycles. The number of hydrogen-bond donors (Lipinski definition) is 1.